The molecule has 0 spiro atoms. The fourth-order valence-corrected chi connectivity index (χ4v) is 2.55. The van der Waals surface area contributed by atoms with Crippen LogP contribution in [0.5, 0.6) is 0 Å². The summed E-state index contributed by atoms with van der Waals surface area (Å²) < 4.78 is 28.2. The molecule has 0 aliphatic carbocycles. The van der Waals surface area contributed by atoms with E-state index in [1.807, 2.05) is 0 Å². The molecule has 0 atom stereocenters. The zero-order valence-corrected chi connectivity index (χ0v) is 11.1. The maximum Gasteiger partial charge on any atom is 0.285 e. The van der Waals surface area contributed by atoms with Crippen LogP contribution in [-0.2, 0) is 10.7 Å². The Morgan fingerprint density at radius 3 is 2.37 bits per heavy atom. The molecule has 0 N–H and O–H groups in total. The van der Waals surface area contributed by atoms with E-state index in [2.05, 4.69) is 0 Å². The van der Waals surface area contributed by atoms with E-state index < -0.39 is 5.92 Å². The highest BCUT2D eigenvalue weighted by Gasteiger charge is 2.35. The Bertz CT molecular complexity index is 425. The molecule has 1 saturated heterocycles. The van der Waals surface area contributed by atoms with E-state index in [4.69, 9.17) is 0 Å². The fraction of sp³-hybridized carbons (Fsp3) is 0.533. The van der Waals surface area contributed by atoms with Crippen LogP contribution in [0.1, 0.15) is 25.3 Å². The first-order valence-corrected chi connectivity index (χ1v) is 6.65. The monoisotopic (exact) mass is 267 g/mol. The largest absolute Gasteiger partial charge is 0.300 e. The molecule has 1 aromatic rings. The molecule has 104 valence electrons. The highest BCUT2D eigenvalue weighted by molar-refractivity contribution is 5.78. The number of alkyl halides is 2. The highest BCUT2D eigenvalue weighted by atomic mass is 19.3. The standard InChI is InChI=1S/C15H19F2NO/c1-12(19)13-7-9-18(10-8-13)11-15(16,17)14-5-3-2-4-6-14/h2-6,13H,7-11H2,1H3. The van der Waals surface area contributed by atoms with Crippen molar-refractivity contribution in [2.45, 2.75) is 25.7 Å². The van der Waals surface area contributed by atoms with Crippen molar-refractivity contribution in [3.05, 3.63) is 35.9 Å². The van der Waals surface area contributed by atoms with Crippen LogP contribution in [0.3, 0.4) is 0 Å². The van der Waals surface area contributed by atoms with Crippen molar-refractivity contribution in [2.24, 2.45) is 5.92 Å². The van der Waals surface area contributed by atoms with Crippen LogP contribution in [0.25, 0.3) is 0 Å². The van der Waals surface area contributed by atoms with Gasteiger partial charge in [-0.15, -0.1) is 0 Å². The summed E-state index contributed by atoms with van der Waals surface area (Å²) in [5.41, 5.74) is 0.0590. The van der Waals surface area contributed by atoms with Gasteiger partial charge in [-0.25, -0.2) is 0 Å². The van der Waals surface area contributed by atoms with E-state index in [0.717, 1.165) is 0 Å². The zero-order valence-electron chi connectivity index (χ0n) is 11.1. The Morgan fingerprint density at radius 1 is 1.26 bits per heavy atom. The minimum Gasteiger partial charge on any atom is -0.300 e. The summed E-state index contributed by atoms with van der Waals surface area (Å²) in [4.78, 5) is 13.0. The van der Waals surface area contributed by atoms with Gasteiger partial charge >= 0.3 is 0 Å². The van der Waals surface area contributed by atoms with E-state index >= 15 is 0 Å². The minimum absolute atomic E-state index is 0.0570. The number of ketones is 1. The van der Waals surface area contributed by atoms with Crippen LogP contribution in [0.15, 0.2) is 30.3 Å². The smallest absolute Gasteiger partial charge is 0.285 e. The first-order valence-electron chi connectivity index (χ1n) is 6.65. The Labute approximate surface area is 112 Å². The van der Waals surface area contributed by atoms with Crippen LogP contribution in [0, 0.1) is 5.92 Å². The summed E-state index contributed by atoms with van der Waals surface area (Å²) in [6.07, 6.45) is 1.39. The topological polar surface area (TPSA) is 20.3 Å². The maximum atomic E-state index is 14.1. The zero-order chi connectivity index (χ0) is 13.9. The lowest BCUT2D eigenvalue weighted by molar-refractivity contribution is -0.122. The molecule has 0 unspecified atom stereocenters. The molecule has 0 bridgehead atoms. The van der Waals surface area contributed by atoms with Crippen LogP contribution >= 0.6 is 0 Å². The second-order valence-electron chi connectivity index (χ2n) is 5.23. The normalized spacial score (nSPS) is 18.5. The number of hydrogen-bond donors (Lipinski definition) is 0. The molecule has 2 rings (SSSR count). The van der Waals surface area contributed by atoms with Gasteiger partial charge in [-0.05, 0) is 32.9 Å². The second kappa shape index (κ2) is 5.78. The minimum atomic E-state index is -2.83. The van der Waals surface area contributed by atoms with Crippen molar-refractivity contribution < 1.29 is 13.6 Å². The van der Waals surface area contributed by atoms with E-state index in [-0.39, 0.29) is 23.8 Å². The molecule has 0 saturated carbocycles. The van der Waals surface area contributed by atoms with Gasteiger partial charge in [0.2, 0.25) is 0 Å². The van der Waals surface area contributed by atoms with Crippen molar-refractivity contribution in [3.8, 4) is 0 Å². The third kappa shape index (κ3) is 3.60. The molecule has 1 aliphatic rings. The molecule has 4 heteroatoms. The molecular weight excluding hydrogens is 248 g/mol. The van der Waals surface area contributed by atoms with Gasteiger partial charge in [0.05, 0.1) is 6.54 Å². The number of piperidine rings is 1. The lowest BCUT2D eigenvalue weighted by atomic mass is 9.93. The molecular formula is C15H19F2NO. The summed E-state index contributed by atoms with van der Waals surface area (Å²) in [6.45, 7) is 2.47. The van der Waals surface area contributed by atoms with Crippen LogP contribution in [-0.4, -0.2) is 30.3 Å². The number of carbonyl (C=O) groups excluding carboxylic acids is 1. The van der Waals surface area contributed by atoms with E-state index in [9.17, 15) is 13.6 Å². The third-order valence-corrected chi connectivity index (χ3v) is 3.78. The Kier molecular flexibility index (Phi) is 4.30. The average molecular weight is 267 g/mol. The lowest BCUT2D eigenvalue weighted by Gasteiger charge is -2.33. The predicted molar refractivity (Wildman–Crippen MR) is 70.2 cm³/mol. The van der Waals surface area contributed by atoms with Crippen molar-refractivity contribution >= 4 is 5.78 Å². The van der Waals surface area contributed by atoms with Crippen LogP contribution in [0.4, 0.5) is 8.78 Å². The molecule has 2 nitrogen and oxygen atoms in total. The second-order valence-corrected chi connectivity index (χ2v) is 5.23. The summed E-state index contributed by atoms with van der Waals surface area (Å²) in [5, 5.41) is 0. The first-order chi connectivity index (χ1) is 8.99. The molecule has 1 aliphatic heterocycles. The molecule has 19 heavy (non-hydrogen) atoms. The van der Waals surface area contributed by atoms with Crippen LogP contribution in [0.2, 0.25) is 0 Å². The Morgan fingerprint density at radius 2 is 1.84 bits per heavy atom. The number of Topliss-reactive ketones (excluding diaryl/α,β-unsaturated/α-hetero) is 1. The average Bonchev–Trinajstić information content (AvgIpc) is 2.40. The number of halogens is 2. The lowest BCUT2D eigenvalue weighted by Crippen LogP contribution is -2.41. The summed E-state index contributed by atoms with van der Waals surface area (Å²) in [6, 6.07) is 7.92. The first kappa shape index (κ1) is 14.1. The predicted octanol–water partition coefficient (Wildman–Crippen LogP) is 3.08. The Hall–Kier alpha value is -1.29. The van der Waals surface area contributed by atoms with Gasteiger partial charge in [0.15, 0.2) is 0 Å². The van der Waals surface area contributed by atoms with Crippen molar-refractivity contribution in [1.82, 2.24) is 4.90 Å². The number of nitrogens with zero attached hydrogens (tertiary/aromatic N) is 1. The van der Waals surface area contributed by atoms with Gasteiger partial charge in [-0.2, -0.15) is 8.78 Å². The van der Waals surface area contributed by atoms with E-state index in [1.54, 1.807) is 30.0 Å². The molecule has 1 heterocycles. The van der Waals surface area contributed by atoms with Gasteiger partial charge in [-0.3, -0.25) is 9.69 Å². The number of benzene rings is 1. The Balaban J connectivity index is 1.93. The molecule has 0 aromatic heterocycles. The maximum absolute atomic E-state index is 14.1. The van der Waals surface area contributed by atoms with Gasteiger partial charge in [0.25, 0.3) is 5.92 Å². The summed E-state index contributed by atoms with van der Waals surface area (Å²) in [5.74, 6) is -2.60. The highest BCUT2D eigenvalue weighted by Crippen LogP contribution is 2.30. The number of rotatable bonds is 4. The SMILES string of the molecule is CC(=O)C1CCN(CC(F)(F)c2ccccc2)CC1. The number of likely N-dealkylation sites (tertiary alicyclic amines) is 1. The van der Waals surface area contributed by atoms with E-state index in [1.165, 1.54) is 12.1 Å². The quantitative estimate of drug-likeness (QED) is 0.835. The van der Waals surface area contributed by atoms with Crippen LogP contribution < -0.4 is 0 Å². The van der Waals surface area contributed by atoms with Crippen molar-refractivity contribution in [3.63, 3.8) is 0 Å². The number of carbonyl (C=O) groups is 1. The van der Waals surface area contributed by atoms with Gasteiger partial charge < -0.3 is 0 Å². The van der Waals surface area contributed by atoms with Gasteiger partial charge in [0, 0.05) is 11.5 Å². The van der Waals surface area contributed by atoms with Crippen molar-refractivity contribution in [2.75, 3.05) is 19.6 Å². The third-order valence-electron chi connectivity index (χ3n) is 3.78. The summed E-state index contributed by atoms with van der Waals surface area (Å²) >= 11 is 0. The molecule has 0 amide bonds. The molecule has 1 aromatic carbocycles. The summed E-state index contributed by atoms with van der Waals surface area (Å²) in [7, 11) is 0. The van der Waals surface area contributed by atoms with Gasteiger partial charge in [0.1, 0.15) is 5.78 Å². The van der Waals surface area contributed by atoms with E-state index in [0.29, 0.717) is 25.9 Å². The van der Waals surface area contributed by atoms with Crippen molar-refractivity contribution in [1.29, 1.82) is 0 Å². The molecule has 0 radical (unpaired) electrons. The fourth-order valence-electron chi connectivity index (χ4n) is 2.55. The number of hydrogen-bond acceptors (Lipinski definition) is 2. The van der Waals surface area contributed by atoms with Gasteiger partial charge in [-0.1, -0.05) is 30.3 Å². The molecule has 1 fully saturated rings.